The summed E-state index contributed by atoms with van der Waals surface area (Å²) in [6, 6.07) is 14.6. The van der Waals surface area contributed by atoms with Crippen LogP contribution >= 0.6 is 11.6 Å². The molecule has 1 fully saturated rings. The van der Waals surface area contributed by atoms with E-state index in [1.54, 1.807) is 10.9 Å². The molecule has 6 heteroatoms. The molecule has 1 aromatic heterocycles. The van der Waals surface area contributed by atoms with Gasteiger partial charge in [0.15, 0.2) is 0 Å². The molecule has 0 radical (unpaired) electrons. The fraction of sp³-hybridized carbons (Fsp3) is 0.360. The van der Waals surface area contributed by atoms with Crippen LogP contribution in [0.5, 0.6) is 0 Å². The van der Waals surface area contributed by atoms with Crippen molar-refractivity contribution in [2.45, 2.75) is 45.1 Å². The monoisotopic (exact) mass is 434 g/mol. The third kappa shape index (κ3) is 4.12. The van der Waals surface area contributed by atoms with Crippen molar-refractivity contribution in [1.82, 2.24) is 14.7 Å². The van der Waals surface area contributed by atoms with Crippen molar-refractivity contribution in [2.24, 2.45) is 0 Å². The largest absolute Gasteiger partial charge is 0.322 e. The Morgan fingerprint density at radius 1 is 1.06 bits per heavy atom. The number of anilines is 1. The summed E-state index contributed by atoms with van der Waals surface area (Å²) in [5.74, 6) is -0.137. The second kappa shape index (κ2) is 8.48. The number of nitrogens with one attached hydrogen (secondary N) is 1. The Morgan fingerprint density at radius 3 is 2.52 bits per heavy atom. The number of nitrogens with zero attached hydrogens (tertiary/aromatic N) is 3. The Morgan fingerprint density at radius 2 is 1.81 bits per heavy atom. The Bertz CT molecular complexity index is 1100. The molecule has 2 aliphatic rings. The Balaban J connectivity index is 1.30. The fourth-order valence-corrected chi connectivity index (χ4v) is 4.74. The first kappa shape index (κ1) is 20.3. The van der Waals surface area contributed by atoms with Crippen LogP contribution in [0.15, 0.2) is 48.7 Å². The first-order valence-electron chi connectivity index (χ1n) is 11.1. The zero-order chi connectivity index (χ0) is 21.4. The molecule has 0 bridgehead atoms. The molecule has 1 saturated carbocycles. The van der Waals surface area contributed by atoms with Gasteiger partial charge in [-0.2, -0.15) is 5.10 Å². The average Bonchev–Trinajstić information content (AvgIpc) is 2.99. The van der Waals surface area contributed by atoms with E-state index < -0.39 is 0 Å². The van der Waals surface area contributed by atoms with Crippen LogP contribution in [0.3, 0.4) is 0 Å². The van der Waals surface area contributed by atoms with Crippen LogP contribution < -0.4 is 5.32 Å². The maximum Gasteiger partial charge on any atom is 0.259 e. The molecule has 0 atom stereocenters. The second-order valence-electron chi connectivity index (χ2n) is 8.59. The molecular formula is C25H27ClN4O. The molecule has 2 heterocycles. The summed E-state index contributed by atoms with van der Waals surface area (Å²) in [6.07, 6.45) is 7.83. The lowest BCUT2D eigenvalue weighted by Crippen LogP contribution is -2.41. The number of aromatic nitrogens is 2. The topological polar surface area (TPSA) is 50.2 Å². The van der Waals surface area contributed by atoms with Crippen molar-refractivity contribution in [3.8, 4) is 5.69 Å². The van der Waals surface area contributed by atoms with Gasteiger partial charge in [-0.1, -0.05) is 24.1 Å². The van der Waals surface area contributed by atoms with Gasteiger partial charge in [0.2, 0.25) is 0 Å². The molecule has 31 heavy (non-hydrogen) atoms. The highest BCUT2D eigenvalue weighted by atomic mass is 35.5. The van der Waals surface area contributed by atoms with Crippen molar-refractivity contribution in [3.05, 3.63) is 76.1 Å². The van der Waals surface area contributed by atoms with E-state index in [0.29, 0.717) is 10.6 Å². The predicted octanol–water partition coefficient (Wildman–Crippen LogP) is 5.04. The van der Waals surface area contributed by atoms with E-state index in [2.05, 4.69) is 27.4 Å². The molecule has 0 unspecified atom stereocenters. The smallest absolute Gasteiger partial charge is 0.259 e. The van der Waals surface area contributed by atoms with Crippen LogP contribution in [0, 0.1) is 6.92 Å². The molecule has 1 N–H and O–H groups in total. The summed E-state index contributed by atoms with van der Waals surface area (Å²) in [5, 5.41) is 8.15. The summed E-state index contributed by atoms with van der Waals surface area (Å²) in [7, 11) is 0. The number of hydrogen-bond donors (Lipinski definition) is 1. The number of benzene rings is 2. The van der Waals surface area contributed by atoms with Gasteiger partial charge in [0.25, 0.3) is 5.91 Å². The van der Waals surface area contributed by atoms with Gasteiger partial charge in [0.1, 0.15) is 0 Å². The third-order valence-corrected chi connectivity index (χ3v) is 6.97. The van der Waals surface area contributed by atoms with Gasteiger partial charge >= 0.3 is 0 Å². The number of carbonyl (C=O) groups excluding carboxylic acids is 1. The van der Waals surface area contributed by atoms with Gasteiger partial charge < -0.3 is 5.32 Å². The van der Waals surface area contributed by atoms with Crippen molar-refractivity contribution in [1.29, 1.82) is 0 Å². The molecular weight excluding hydrogens is 408 g/mol. The Hall–Kier alpha value is -2.63. The summed E-state index contributed by atoms with van der Waals surface area (Å²) in [6.45, 7) is 4.16. The van der Waals surface area contributed by atoms with Crippen molar-refractivity contribution in [3.63, 3.8) is 0 Å². The zero-order valence-corrected chi connectivity index (χ0v) is 18.5. The normalized spacial score (nSPS) is 17.0. The summed E-state index contributed by atoms with van der Waals surface area (Å²) in [4.78, 5) is 15.6. The highest BCUT2D eigenvalue weighted by Crippen LogP contribution is 2.28. The molecule has 3 aromatic rings. The van der Waals surface area contributed by atoms with E-state index in [9.17, 15) is 4.79 Å². The molecule has 2 aromatic carbocycles. The van der Waals surface area contributed by atoms with Crippen molar-refractivity contribution in [2.75, 3.05) is 18.4 Å². The maximum absolute atomic E-state index is 13.0. The molecule has 5 nitrogen and oxygen atoms in total. The van der Waals surface area contributed by atoms with Gasteiger partial charge in [-0.25, -0.2) is 4.68 Å². The highest BCUT2D eigenvalue weighted by molar-refractivity contribution is 6.30. The molecule has 0 spiro atoms. The Labute approximate surface area is 188 Å². The average molecular weight is 435 g/mol. The van der Waals surface area contributed by atoms with E-state index in [1.807, 2.05) is 37.3 Å². The summed E-state index contributed by atoms with van der Waals surface area (Å²) >= 11 is 5.98. The predicted molar refractivity (Wildman–Crippen MR) is 124 cm³/mol. The van der Waals surface area contributed by atoms with Gasteiger partial charge in [0.05, 0.1) is 23.1 Å². The zero-order valence-electron chi connectivity index (χ0n) is 17.8. The minimum Gasteiger partial charge on any atom is -0.322 e. The molecule has 5 rings (SSSR count). The minimum absolute atomic E-state index is 0.137. The standard InChI is InChI=1S/C25H27ClN4O/c1-17-24(16-27-30(17)23-9-6-20(26)7-10-23)25(31)28-21-8-5-18-11-13-29(22-3-2-4-22)14-12-19(18)15-21/h5-10,15-16,22H,2-4,11-14H2,1H3,(H,28,31). The quantitative estimate of drug-likeness (QED) is 0.625. The number of halogens is 1. The van der Waals surface area contributed by atoms with Crippen molar-refractivity contribution < 1.29 is 4.79 Å². The van der Waals surface area contributed by atoms with E-state index in [4.69, 9.17) is 11.6 Å². The number of fused-ring (bicyclic) bond motifs is 1. The first-order valence-corrected chi connectivity index (χ1v) is 11.4. The molecule has 1 aliphatic carbocycles. The number of rotatable bonds is 4. The van der Waals surface area contributed by atoms with E-state index in [0.717, 1.165) is 49.0 Å². The molecule has 160 valence electrons. The minimum atomic E-state index is -0.137. The molecule has 1 aliphatic heterocycles. The van der Waals surface area contributed by atoms with E-state index in [1.165, 1.54) is 30.4 Å². The van der Waals surface area contributed by atoms with Crippen LogP contribution in [-0.4, -0.2) is 39.7 Å². The maximum atomic E-state index is 13.0. The highest BCUT2D eigenvalue weighted by Gasteiger charge is 2.26. The second-order valence-corrected chi connectivity index (χ2v) is 9.03. The summed E-state index contributed by atoms with van der Waals surface area (Å²) in [5.41, 5.74) is 5.85. The summed E-state index contributed by atoms with van der Waals surface area (Å²) < 4.78 is 1.76. The fourth-order valence-electron chi connectivity index (χ4n) is 4.61. The van der Waals surface area contributed by atoms with Gasteiger partial charge in [0, 0.05) is 29.8 Å². The molecule has 0 saturated heterocycles. The third-order valence-electron chi connectivity index (χ3n) is 6.72. The van der Waals surface area contributed by atoms with Gasteiger partial charge in [-0.15, -0.1) is 0 Å². The Kier molecular flexibility index (Phi) is 5.55. The number of hydrogen-bond acceptors (Lipinski definition) is 3. The first-order chi connectivity index (χ1) is 15.1. The van der Waals surface area contributed by atoms with Crippen LogP contribution in [0.25, 0.3) is 5.69 Å². The van der Waals surface area contributed by atoms with Crippen molar-refractivity contribution >= 4 is 23.2 Å². The van der Waals surface area contributed by atoms with Crippen LogP contribution in [-0.2, 0) is 12.8 Å². The lowest BCUT2D eigenvalue weighted by atomic mass is 9.91. The SMILES string of the molecule is Cc1c(C(=O)Nc2ccc3c(c2)CCN(C2CCC2)CC3)cnn1-c1ccc(Cl)cc1. The lowest BCUT2D eigenvalue weighted by molar-refractivity contribution is 0.102. The van der Waals surface area contributed by atoms with E-state index in [-0.39, 0.29) is 5.91 Å². The van der Waals surface area contributed by atoms with E-state index >= 15 is 0 Å². The van der Waals surface area contributed by atoms with Crippen LogP contribution in [0.1, 0.15) is 46.4 Å². The number of amides is 1. The van der Waals surface area contributed by atoms with Crippen LogP contribution in [0.2, 0.25) is 5.02 Å². The molecule has 1 amide bonds. The van der Waals surface area contributed by atoms with Gasteiger partial charge in [-0.05, 0) is 80.1 Å². The lowest BCUT2D eigenvalue weighted by Gasteiger charge is -2.36. The van der Waals surface area contributed by atoms with Gasteiger partial charge in [-0.3, -0.25) is 9.69 Å². The van der Waals surface area contributed by atoms with Crippen LogP contribution in [0.4, 0.5) is 5.69 Å². The number of carbonyl (C=O) groups is 1.